The molecule has 2 rings (SSSR count). The van der Waals surface area contributed by atoms with Gasteiger partial charge in [-0.1, -0.05) is 37.3 Å². The van der Waals surface area contributed by atoms with Crippen molar-refractivity contribution in [3.63, 3.8) is 0 Å². The van der Waals surface area contributed by atoms with Crippen LogP contribution in [0.15, 0.2) is 42.5 Å². The van der Waals surface area contributed by atoms with E-state index in [1.807, 2.05) is 24.3 Å². The van der Waals surface area contributed by atoms with Crippen molar-refractivity contribution < 1.29 is 9.18 Å². The van der Waals surface area contributed by atoms with Crippen LogP contribution in [0.1, 0.15) is 28.4 Å². The summed E-state index contributed by atoms with van der Waals surface area (Å²) >= 11 is 0. The largest absolute Gasteiger partial charge is 0.385 e. The molecule has 21 heavy (non-hydrogen) atoms. The molecule has 0 aliphatic rings. The molecule has 0 fully saturated rings. The number of amides is 1. The molecule has 3 nitrogen and oxygen atoms in total. The Morgan fingerprint density at radius 2 is 1.76 bits per heavy atom. The molecule has 0 radical (unpaired) electrons. The van der Waals surface area contributed by atoms with Crippen LogP contribution in [0, 0.1) is 5.82 Å². The third kappa shape index (κ3) is 3.60. The highest BCUT2D eigenvalue weighted by atomic mass is 19.1. The summed E-state index contributed by atoms with van der Waals surface area (Å²) in [4.78, 5) is 12.2. The zero-order valence-corrected chi connectivity index (χ0v) is 12.2. The van der Waals surface area contributed by atoms with Gasteiger partial charge in [0.05, 0.1) is 11.3 Å². The van der Waals surface area contributed by atoms with Crippen LogP contribution in [0.25, 0.3) is 0 Å². The van der Waals surface area contributed by atoms with Gasteiger partial charge in [-0.2, -0.15) is 0 Å². The first-order valence-corrected chi connectivity index (χ1v) is 6.98. The molecule has 0 atom stereocenters. The van der Waals surface area contributed by atoms with Crippen molar-refractivity contribution in [3.05, 3.63) is 65.0 Å². The zero-order valence-electron chi connectivity index (χ0n) is 12.2. The van der Waals surface area contributed by atoms with Gasteiger partial charge in [-0.05, 0) is 29.7 Å². The lowest BCUT2D eigenvalue weighted by Gasteiger charge is -2.11. The molecular formula is C17H19FN2O. The minimum Gasteiger partial charge on any atom is -0.385 e. The van der Waals surface area contributed by atoms with E-state index >= 15 is 0 Å². The number of anilines is 1. The number of halogens is 1. The molecule has 0 saturated heterocycles. The molecule has 2 N–H and O–H groups in total. The van der Waals surface area contributed by atoms with Crippen LogP contribution >= 0.6 is 0 Å². The summed E-state index contributed by atoms with van der Waals surface area (Å²) in [5.74, 6) is -0.726. The maximum atomic E-state index is 13.6. The summed E-state index contributed by atoms with van der Waals surface area (Å²) < 4.78 is 13.6. The van der Waals surface area contributed by atoms with Crippen molar-refractivity contribution in [2.24, 2.45) is 0 Å². The Bertz CT molecular complexity index is 623. The zero-order chi connectivity index (χ0) is 15.2. The second-order valence-corrected chi connectivity index (χ2v) is 4.77. The molecule has 2 aromatic rings. The van der Waals surface area contributed by atoms with Crippen LogP contribution < -0.4 is 10.6 Å². The predicted molar refractivity (Wildman–Crippen MR) is 82.9 cm³/mol. The van der Waals surface area contributed by atoms with Crippen LogP contribution in [0.5, 0.6) is 0 Å². The first-order chi connectivity index (χ1) is 10.2. The van der Waals surface area contributed by atoms with Crippen LogP contribution in [-0.4, -0.2) is 13.0 Å². The molecule has 0 saturated carbocycles. The van der Waals surface area contributed by atoms with Gasteiger partial charge in [0, 0.05) is 13.6 Å². The third-order valence-electron chi connectivity index (χ3n) is 3.39. The molecule has 1 amide bonds. The predicted octanol–water partition coefficient (Wildman–Crippen LogP) is 3.36. The van der Waals surface area contributed by atoms with E-state index in [1.165, 1.54) is 17.7 Å². The fraction of sp³-hybridized carbons (Fsp3) is 0.235. The number of hydrogen-bond donors (Lipinski definition) is 2. The molecule has 0 aliphatic carbocycles. The van der Waals surface area contributed by atoms with Gasteiger partial charge in [0.25, 0.3) is 5.91 Å². The smallest absolute Gasteiger partial charge is 0.253 e. The van der Waals surface area contributed by atoms with Crippen LogP contribution in [0.4, 0.5) is 10.1 Å². The second-order valence-electron chi connectivity index (χ2n) is 4.77. The summed E-state index contributed by atoms with van der Waals surface area (Å²) in [6, 6.07) is 12.5. The first-order valence-electron chi connectivity index (χ1n) is 6.98. The lowest BCUT2D eigenvalue weighted by Crippen LogP contribution is -2.24. The number of carbonyl (C=O) groups excluding carboxylic acids is 1. The van der Waals surface area contributed by atoms with Crippen molar-refractivity contribution in [2.45, 2.75) is 19.9 Å². The second kappa shape index (κ2) is 6.88. The van der Waals surface area contributed by atoms with E-state index in [9.17, 15) is 9.18 Å². The molecule has 0 spiro atoms. The van der Waals surface area contributed by atoms with Gasteiger partial charge in [-0.25, -0.2) is 4.39 Å². The van der Waals surface area contributed by atoms with Crippen molar-refractivity contribution in [1.29, 1.82) is 0 Å². The SMILES string of the molecule is CCc1ccc(CNC(=O)c2cccc(F)c2NC)cc1. The molecule has 0 aliphatic heterocycles. The molecule has 0 unspecified atom stereocenters. The molecule has 2 aromatic carbocycles. The van der Waals surface area contributed by atoms with Gasteiger partial charge in [0.2, 0.25) is 0 Å². The number of aryl methyl sites for hydroxylation is 1. The minimum atomic E-state index is -0.433. The van der Waals surface area contributed by atoms with Gasteiger partial charge in [0.15, 0.2) is 0 Å². The summed E-state index contributed by atoms with van der Waals surface area (Å²) in [5, 5.41) is 5.53. The maximum Gasteiger partial charge on any atom is 0.253 e. The van der Waals surface area contributed by atoms with E-state index in [4.69, 9.17) is 0 Å². The van der Waals surface area contributed by atoms with Crippen LogP contribution in [0.2, 0.25) is 0 Å². The van der Waals surface area contributed by atoms with E-state index in [0.29, 0.717) is 12.1 Å². The van der Waals surface area contributed by atoms with Gasteiger partial charge in [0.1, 0.15) is 5.82 Å². The molecule has 0 bridgehead atoms. The fourth-order valence-corrected chi connectivity index (χ4v) is 2.14. The van der Waals surface area contributed by atoms with Gasteiger partial charge < -0.3 is 10.6 Å². The minimum absolute atomic E-state index is 0.219. The van der Waals surface area contributed by atoms with Crippen LogP contribution in [0.3, 0.4) is 0 Å². The Balaban J connectivity index is 2.06. The molecule has 4 heteroatoms. The van der Waals surface area contributed by atoms with E-state index in [1.54, 1.807) is 13.1 Å². The first kappa shape index (κ1) is 15.0. The Labute approximate surface area is 124 Å². The van der Waals surface area contributed by atoms with Crippen LogP contribution in [-0.2, 0) is 13.0 Å². The highest BCUT2D eigenvalue weighted by Gasteiger charge is 2.13. The summed E-state index contributed by atoms with van der Waals surface area (Å²) in [5.41, 5.74) is 2.80. The van der Waals surface area contributed by atoms with E-state index in [-0.39, 0.29) is 11.6 Å². The average molecular weight is 286 g/mol. The Morgan fingerprint density at radius 3 is 2.38 bits per heavy atom. The standard InChI is InChI=1S/C17H19FN2O/c1-3-12-7-9-13(10-8-12)11-20-17(21)14-5-4-6-15(18)16(14)19-2/h4-10,19H,3,11H2,1-2H3,(H,20,21). The Morgan fingerprint density at radius 1 is 1.10 bits per heavy atom. The average Bonchev–Trinajstić information content (AvgIpc) is 2.52. The highest BCUT2D eigenvalue weighted by molar-refractivity contribution is 5.99. The Hall–Kier alpha value is -2.36. The molecular weight excluding hydrogens is 267 g/mol. The summed E-state index contributed by atoms with van der Waals surface area (Å²) in [6.07, 6.45) is 0.988. The lowest BCUT2D eigenvalue weighted by molar-refractivity contribution is 0.0951. The third-order valence-corrected chi connectivity index (χ3v) is 3.39. The van der Waals surface area contributed by atoms with Gasteiger partial charge in [-0.3, -0.25) is 4.79 Å². The van der Waals surface area contributed by atoms with E-state index < -0.39 is 5.82 Å². The number of para-hydroxylation sites is 1. The molecule has 110 valence electrons. The van der Waals surface area contributed by atoms with Crippen molar-refractivity contribution >= 4 is 11.6 Å². The number of rotatable bonds is 5. The van der Waals surface area contributed by atoms with E-state index in [0.717, 1.165) is 12.0 Å². The normalized spacial score (nSPS) is 10.2. The number of nitrogens with one attached hydrogen (secondary N) is 2. The van der Waals surface area contributed by atoms with Crippen molar-refractivity contribution in [3.8, 4) is 0 Å². The van der Waals surface area contributed by atoms with Gasteiger partial charge in [-0.15, -0.1) is 0 Å². The number of benzene rings is 2. The van der Waals surface area contributed by atoms with Gasteiger partial charge >= 0.3 is 0 Å². The molecule has 0 heterocycles. The highest BCUT2D eigenvalue weighted by Crippen LogP contribution is 2.19. The van der Waals surface area contributed by atoms with E-state index in [2.05, 4.69) is 17.6 Å². The number of carbonyl (C=O) groups is 1. The number of hydrogen-bond acceptors (Lipinski definition) is 2. The molecule has 0 aromatic heterocycles. The topological polar surface area (TPSA) is 41.1 Å². The van der Waals surface area contributed by atoms with Crippen molar-refractivity contribution in [2.75, 3.05) is 12.4 Å². The Kier molecular flexibility index (Phi) is 4.93. The monoisotopic (exact) mass is 286 g/mol. The lowest BCUT2D eigenvalue weighted by atomic mass is 10.1. The summed E-state index contributed by atoms with van der Waals surface area (Å²) in [7, 11) is 1.60. The maximum absolute atomic E-state index is 13.6. The quantitative estimate of drug-likeness (QED) is 0.885. The fourth-order valence-electron chi connectivity index (χ4n) is 2.14. The van der Waals surface area contributed by atoms with Crippen molar-refractivity contribution in [1.82, 2.24) is 5.32 Å². The summed E-state index contributed by atoms with van der Waals surface area (Å²) in [6.45, 7) is 2.52.